The van der Waals surface area contributed by atoms with Gasteiger partial charge in [-0.25, -0.2) is 0 Å². The SMILES string of the molecule is CCOC(=O)C(C(=O)OCC)[C@@H](C)C/C(=N/N1CCC[C@H]1COC)C(F)(F)F. The molecule has 1 saturated heterocycles. The summed E-state index contributed by atoms with van der Waals surface area (Å²) in [5.41, 5.74) is -1.04. The standard InChI is InChI=1S/C18H29F3N2O5/c1-5-27-16(24)15(17(25)28-6-2)12(3)10-14(18(19,20)21)22-23-9-7-8-13(23)11-26-4/h12-13,15H,5-11H2,1-4H3/b22-14-/t12-,13-/m0/s1. The average Bonchev–Trinajstić information content (AvgIpc) is 3.01. The van der Waals surface area contributed by atoms with Crippen molar-refractivity contribution < 1.29 is 37.0 Å². The van der Waals surface area contributed by atoms with Crippen molar-refractivity contribution in [3.05, 3.63) is 0 Å². The lowest BCUT2D eigenvalue weighted by Crippen LogP contribution is -2.38. The maximum absolute atomic E-state index is 13.6. The molecule has 1 aliphatic heterocycles. The van der Waals surface area contributed by atoms with E-state index in [1.807, 2.05) is 0 Å². The van der Waals surface area contributed by atoms with Crippen molar-refractivity contribution in [2.24, 2.45) is 16.9 Å². The molecule has 0 N–H and O–H groups in total. The van der Waals surface area contributed by atoms with Crippen LogP contribution < -0.4 is 0 Å². The minimum Gasteiger partial charge on any atom is -0.465 e. The quantitative estimate of drug-likeness (QED) is 0.313. The van der Waals surface area contributed by atoms with Gasteiger partial charge in [-0.1, -0.05) is 6.92 Å². The van der Waals surface area contributed by atoms with Crippen LogP contribution >= 0.6 is 0 Å². The van der Waals surface area contributed by atoms with Crippen LogP contribution in [0.1, 0.15) is 40.0 Å². The predicted molar refractivity (Wildman–Crippen MR) is 95.6 cm³/mol. The summed E-state index contributed by atoms with van der Waals surface area (Å²) in [7, 11) is 1.48. The molecule has 0 spiro atoms. The number of esters is 2. The first kappa shape index (κ1) is 24.2. The fourth-order valence-electron chi connectivity index (χ4n) is 3.13. The molecule has 0 bridgehead atoms. The molecule has 10 heteroatoms. The largest absolute Gasteiger partial charge is 0.465 e. The average molecular weight is 410 g/mol. The van der Waals surface area contributed by atoms with Gasteiger partial charge in [0.05, 0.1) is 25.9 Å². The van der Waals surface area contributed by atoms with Gasteiger partial charge in [-0.05, 0) is 32.6 Å². The van der Waals surface area contributed by atoms with Gasteiger partial charge in [0.2, 0.25) is 0 Å². The van der Waals surface area contributed by atoms with Crippen molar-refractivity contribution in [2.45, 2.75) is 52.3 Å². The van der Waals surface area contributed by atoms with E-state index in [0.717, 1.165) is 0 Å². The second kappa shape index (κ2) is 11.2. The molecule has 1 heterocycles. The first-order chi connectivity index (χ1) is 13.1. The molecular weight excluding hydrogens is 381 g/mol. The van der Waals surface area contributed by atoms with Crippen molar-refractivity contribution in [2.75, 3.05) is 33.5 Å². The second-order valence-electron chi connectivity index (χ2n) is 6.62. The summed E-state index contributed by atoms with van der Waals surface area (Å²) in [5, 5.41) is 5.20. The minimum atomic E-state index is -4.69. The zero-order valence-electron chi connectivity index (χ0n) is 16.8. The Balaban J connectivity index is 3.06. The Hall–Kier alpha value is -1.84. The lowest BCUT2D eigenvalue weighted by Gasteiger charge is -2.25. The molecule has 1 rings (SSSR count). The van der Waals surface area contributed by atoms with Crippen LogP contribution in [0.3, 0.4) is 0 Å². The van der Waals surface area contributed by atoms with Crippen LogP contribution in [0.2, 0.25) is 0 Å². The summed E-state index contributed by atoms with van der Waals surface area (Å²) in [6.45, 7) is 5.17. The predicted octanol–water partition coefficient (Wildman–Crippen LogP) is 2.78. The van der Waals surface area contributed by atoms with E-state index in [2.05, 4.69) is 5.10 Å². The van der Waals surface area contributed by atoms with Crippen molar-refractivity contribution in [1.82, 2.24) is 5.01 Å². The number of hydrogen-bond donors (Lipinski definition) is 0. The van der Waals surface area contributed by atoms with Crippen molar-refractivity contribution in [3.63, 3.8) is 0 Å². The summed E-state index contributed by atoms with van der Waals surface area (Å²) < 4.78 is 55.5. The van der Waals surface area contributed by atoms with Gasteiger partial charge in [0, 0.05) is 20.1 Å². The molecule has 0 amide bonds. The number of hydrogen-bond acceptors (Lipinski definition) is 7. The van der Waals surface area contributed by atoms with Gasteiger partial charge in [-0.15, -0.1) is 0 Å². The summed E-state index contributed by atoms with van der Waals surface area (Å²) >= 11 is 0. The van der Waals surface area contributed by atoms with Gasteiger partial charge in [-0.3, -0.25) is 14.6 Å². The van der Waals surface area contributed by atoms with E-state index in [1.165, 1.54) is 19.0 Å². The summed E-state index contributed by atoms with van der Waals surface area (Å²) in [4.78, 5) is 24.3. The van der Waals surface area contributed by atoms with E-state index in [-0.39, 0.29) is 25.9 Å². The number of hydrazone groups is 1. The van der Waals surface area contributed by atoms with E-state index < -0.39 is 42.1 Å². The Morgan fingerprint density at radius 3 is 2.21 bits per heavy atom. The number of carbonyl (C=O) groups is 2. The van der Waals surface area contributed by atoms with Crippen molar-refractivity contribution in [3.8, 4) is 0 Å². The van der Waals surface area contributed by atoms with Gasteiger partial charge in [0.15, 0.2) is 5.92 Å². The highest BCUT2D eigenvalue weighted by molar-refractivity contribution is 5.97. The van der Waals surface area contributed by atoms with Crippen LogP contribution in [0.5, 0.6) is 0 Å². The minimum absolute atomic E-state index is 0.00809. The van der Waals surface area contributed by atoms with E-state index in [9.17, 15) is 22.8 Å². The molecule has 28 heavy (non-hydrogen) atoms. The number of carbonyl (C=O) groups excluding carboxylic acids is 2. The molecule has 2 atom stereocenters. The number of alkyl halides is 3. The third-order valence-electron chi connectivity index (χ3n) is 4.45. The van der Waals surface area contributed by atoms with Gasteiger partial charge in [-0.2, -0.15) is 18.3 Å². The van der Waals surface area contributed by atoms with Gasteiger partial charge >= 0.3 is 18.1 Å². The number of ether oxygens (including phenoxy) is 3. The number of methoxy groups -OCH3 is 1. The van der Waals surface area contributed by atoms with Crippen LogP contribution in [0.25, 0.3) is 0 Å². The molecule has 0 aliphatic carbocycles. The number of halogens is 3. The Kier molecular flexibility index (Phi) is 9.71. The third-order valence-corrected chi connectivity index (χ3v) is 4.45. The van der Waals surface area contributed by atoms with Crippen LogP contribution in [0, 0.1) is 11.8 Å². The van der Waals surface area contributed by atoms with E-state index in [1.54, 1.807) is 13.8 Å². The zero-order valence-corrected chi connectivity index (χ0v) is 16.8. The van der Waals surface area contributed by atoms with Crippen LogP contribution in [-0.4, -0.2) is 68.4 Å². The van der Waals surface area contributed by atoms with Crippen LogP contribution in [0.15, 0.2) is 5.10 Å². The molecule has 0 saturated carbocycles. The third kappa shape index (κ3) is 6.96. The van der Waals surface area contributed by atoms with Gasteiger partial charge < -0.3 is 14.2 Å². The Morgan fingerprint density at radius 2 is 1.75 bits per heavy atom. The lowest BCUT2D eigenvalue weighted by atomic mass is 9.89. The normalized spacial score (nSPS) is 19.1. The highest BCUT2D eigenvalue weighted by atomic mass is 19.4. The topological polar surface area (TPSA) is 77.4 Å². The molecular formula is C18H29F3N2O5. The maximum atomic E-state index is 13.6. The maximum Gasteiger partial charge on any atom is 0.431 e. The molecule has 7 nitrogen and oxygen atoms in total. The Labute approximate surface area is 163 Å². The van der Waals surface area contributed by atoms with Gasteiger partial charge in [0.25, 0.3) is 0 Å². The number of rotatable bonds is 10. The van der Waals surface area contributed by atoms with E-state index >= 15 is 0 Å². The van der Waals surface area contributed by atoms with Gasteiger partial charge in [0.1, 0.15) is 5.71 Å². The number of nitrogens with zero attached hydrogens (tertiary/aromatic N) is 2. The van der Waals surface area contributed by atoms with E-state index in [0.29, 0.717) is 19.4 Å². The molecule has 0 radical (unpaired) electrons. The highest BCUT2D eigenvalue weighted by Crippen LogP contribution is 2.29. The molecule has 162 valence electrons. The molecule has 1 aliphatic rings. The highest BCUT2D eigenvalue weighted by Gasteiger charge is 2.42. The first-order valence-corrected chi connectivity index (χ1v) is 9.39. The summed E-state index contributed by atoms with van der Waals surface area (Å²) in [5.74, 6) is -4.23. The first-order valence-electron chi connectivity index (χ1n) is 9.39. The Morgan fingerprint density at radius 1 is 1.18 bits per heavy atom. The molecule has 1 fully saturated rings. The van der Waals surface area contributed by atoms with Crippen molar-refractivity contribution in [1.29, 1.82) is 0 Å². The van der Waals surface area contributed by atoms with Crippen molar-refractivity contribution >= 4 is 17.7 Å². The zero-order chi connectivity index (χ0) is 21.3. The smallest absolute Gasteiger partial charge is 0.431 e. The van der Waals surface area contributed by atoms with Crippen LogP contribution in [0.4, 0.5) is 13.2 Å². The van der Waals surface area contributed by atoms with Crippen LogP contribution in [-0.2, 0) is 23.8 Å². The monoisotopic (exact) mass is 410 g/mol. The fourth-order valence-corrected chi connectivity index (χ4v) is 3.13. The fraction of sp³-hybridized carbons (Fsp3) is 0.833. The molecule has 0 aromatic heterocycles. The molecule has 0 aromatic rings. The lowest BCUT2D eigenvalue weighted by molar-refractivity contribution is -0.164. The van der Waals surface area contributed by atoms with E-state index in [4.69, 9.17) is 14.2 Å². The molecule has 0 aromatic carbocycles. The molecule has 0 unspecified atom stereocenters. The summed E-state index contributed by atoms with van der Waals surface area (Å²) in [6.07, 6.45) is -3.90. The second-order valence-corrected chi connectivity index (χ2v) is 6.62. The summed E-state index contributed by atoms with van der Waals surface area (Å²) in [6, 6.07) is -0.233. The Bertz CT molecular complexity index is 536.